The van der Waals surface area contributed by atoms with E-state index in [9.17, 15) is 19.7 Å². The molecular formula is C18H17N3O5. The Hall–Kier alpha value is -3.42. The second-order valence-corrected chi connectivity index (χ2v) is 5.91. The Morgan fingerprint density at radius 1 is 1.08 bits per heavy atom. The molecule has 8 nitrogen and oxygen atoms in total. The smallest absolute Gasteiger partial charge is 0.310 e. The van der Waals surface area contributed by atoms with Crippen molar-refractivity contribution in [2.75, 3.05) is 17.2 Å². The van der Waals surface area contributed by atoms with E-state index in [0.29, 0.717) is 11.4 Å². The fourth-order valence-corrected chi connectivity index (χ4v) is 2.33. The van der Waals surface area contributed by atoms with Gasteiger partial charge in [-0.1, -0.05) is 18.2 Å². The van der Waals surface area contributed by atoms with Crippen LogP contribution in [0.25, 0.3) is 0 Å². The number of nitro groups is 1. The molecule has 2 amide bonds. The number of benzene rings is 2. The molecule has 26 heavy (non-hydrogen) atoms. The van der Waals surface area contributed by atoms with Gasteiger partial charge in [-0.05, 0) is 37.1 Å². The quantitative estimate of drug-likeness (QED) is 0.586. The van der Waals surface area contributed by atoms with Crippen LogP contribution in [0.1, 0.15) is 12.8 Å². The summed E-state index contributed by atoms with van der Waals surface area (Å²) in [4.78, 5) is 34.2. The predicted molar refractivity (Wildman–Crippen MR) is 95.0 cm³/mol. The molecule has 0 bridgehead atoms. The molecule has 2 N–H and O–H groups in total. The van der Waals surface area contributed by atoms with E-state index in [1.807, 2.05) is 0 Å². The lowest BCUT2D eigenvalue weighted by atomic mass is 10.2. The Morgan fingerprint density at radius 3 is 2.46 bits per heavy atom. The maximum absolute atomic E-state index is 12.0. The summed E-state index contributed by atoms with van der Waals surface area (Å²) >= 11 is 0. The number of rotatable bonds is 7. The largest absolute Gasteiger partial charge is 0.477 e. The second kappa shape index (κ2) is 7.64. The van der Waals surface area contributed by atoms with Gasteiger partial charge in [0.25, 0.3) is 5.91 Å². The molecule has 8 heteroatoms. The van der Waals surface area contributed by atoms with Crippen molar-refractivity contribution in [3.05, 3.63) is 58.6 Å². The van der Waals surface area contributed by atoms with Crippen LogP contribution in [-0.4, -0.2) is 23.3 Å². The van der Waals surface area contributed by atoms with Crippen LogP contribution in [0.2, 0.25) is 0 Å². The number of ether oxygens (including phenoxy) is 1. The molecule has 1 fully saturated rings. The zero-order valence-electron chi connectivity index (χ0n) is 13.8. The lowest BCUT2D eigenvalue weighted by Gasteiger charge is -2.09. The SMILES string of the molecule is O=C(COc1ccccc1[N+](=O)[O-])Nc1cccc(NC(=O)C2CC2)c1. The molecule has 0 radical (unpaired) electrons. The van der Waals surface area contributed by atoms with Crippen molar-refractivity contribution in [3.8, 4) is 5.75 Å². The van der Waals surface area contributed by atoms with Crippen molar-refractivity contribution in [2.45, 2.75) is 12.8 Å². The lowest BCUT2D eigenvalue weighted by Crippen LogP contribution is -2.20. The third-order valence-corrected chi connectivity index (χ3v) is 3.78. The number of nitro benzene ring substituents is 1. The summed E-state index contributed by atoms with van der Waals surface area (Å²) < 4.78 is 5.24. The van der Waals surface area contributed by atoms with Crippen molar-refractivity contribution in [1.82, 2.24) is 0 Å². The molecule has 1 saturated carbocycles. The number of nitrogens with one attached hydrogen (secondary N) is 2. The van der Waals surface area contributed by atoms with Gasteiger partial charge in [-0.25, -0.2) is 0 Å². The average Bonchev–Trinajstić information content (AvgIpc) is 3.45. The van der Waals surface area contributed by atoms with Crippen molar-refractivity contribution in [3.63, 3.8) is 0 Å². The summed E-state index contributed by atoms with van der Waals surface area (Å²) in [6.07, 6.45) is 1.82. The molecule has 0 aliphatic heterocycles. The minimum atomic E-state index is -0.570. The number of carbonyl (C=O) groups excluding carboxylic acids is 2. The molecule has 134 valence electrons. The molecule has 0 unspecified atom stereocenters. The normalized spacial score (nSPS) is 12.9. The van der Waals surface area contributed by atoms with Crippen molar-refractivity contribution in [1.29, 1.82) is 0 Å². The van der Waals surface area contributed by atoms with Crippen LogP contribution >= 0.6 is 0 Å². The van der Waals surface area contributed by atoms with Crippen molar-refractivity contribution >= 4 is 28.9 Å². The van der Waals surface area contributed by atoms with Crippen LogP contribution in [0.5, 0.6) is 5.75 Å². The highest BCUT2D eigenvalue weighted by Crippen LogP contribution is 2.30. The zero-order chi connectivity index (χ0) is 18.5. The molecule has 0 aromatic heterocycles. The minimum absolute atomic E-state index is 0.0202. The van der Waals surface area contributed by atoms with Crippen molar-refractivity contribution < 1.29 is 19.2 Å². The van der Waals surface area contributed by atoms with E-state index in [-0.39, 0.29) is 29.9 Å². The van der Waals surface area contributed by atoms with Gasteiger partial charge in [0.2, 0.25) is 5.91 Å². The molecule has 0 heterocycles. The average molecular weight is 355 g/mol. The first-order valence-electron chi connectivity index (χ1n) is 8.10. The van der Waals surface area contributed by atoms with Gasteiger partial charge >= 0.3 is 5.69 Å². The van der Waals surface area contributed by atoms with Gasteiger partial charge in [0.15, 0.2) is 12.4 Å². The standard InChI is InChI=1S/C18H17N3O5/c22-17(11-26-16-7-2-1-6-15(16)21(24)25)19-13-4-3-5-14(10-13)20-18(23)12-8-9-12/h1-7,10,12H,8-9,11H2,(H,19,22)(H,20,23). The molecule has 0 saturated heterocycles. The number of hydrogen-bond acceptors (Lipinski definition) is 5. The Kier molecular flexibility index (Phi) is 5.12. The number of carbonyl (C=O) groups is 2. The van der Waals surface area contributed by atoms with E-state index in [1.54, 1.807) is 30.3 Å². The fourth-order valence-electron chi connectivity index (χ4n) is 2.33. The first-order chi connectivity index (χ1) is 12.5. The highest BCUT2D eigenvalue weighted by molar-refractivity contribution is 5.96. The monoisotopic (exact) mass is 355 g/mol. The van der Waals surface area contributed by atoms with Crippen LogP contribution in [0.4, 0.5) is 17.1 Å². The number of para-hydroxylation sites is 2. The Morgan fingerprint density at radius 2 is 1.77 bits per heavy atom. The maximum atomic E-state index is 12.0. The van der Waals surface area contributed by atoms with E-state index in [1.165, 1.54) is 18.2 Å². The summed E-state index contributed by atoms with van der Waals surface area (Å²) in [6, 6.07) is 12.6. The van der Waals surface area contributed by atoms with Gasteiger partial charge in [-0.15, -0.1) is 0 Å². The number of nitrogens with zero attached hydrogens (tertiary/aromatic N) is 1. The molecule has 1 aliphatic rings. The highest BCUT2D eigenvalue weighted by atomic mass is 16.6. The first-order valence-corrected chi connectivity index (χ1v) is 8.10. The van der Waals surface area contributed by atoms with Crippen LogP contribution in [0.15, 0.2) is 48.5 Å². The van der Waals surface area contributed by atoms with E-state index < -0.39 is 10.8 Å². The zero-order valence-corrected chi connectivity index (χ0v) is 13.8. The predicted octanol–water partition coefficient (Wildman–Crippen LogP) is 2.96. The Labute approximate surface area is 149 Å². The van der Waals surface area contributed by atoms with E-state index in [4.69, 9.17) is 4.74 Å². The number of anilines is 2. The molecule has 2 aromatic rings. The number of amides is 2. The molecule has 3 rings (SSSR count). The van der Waals surface area contributed by atoms with Crippen LogP contribution in [0, 0.1) is 16.0 Å². The topological polar surface area (TPSA) is 111 Å². The fraction of sp³-hybridized carbons (Fsp3) is 0.222. The Balaban J connectivity index is 1.56. The van der Waals surface area contributed by atoms with Gasteiger partial charge < -0.3 is 15.4 Å². The summed E-state index contributed by atoms with van der Waals surface area (Å²) in [5.74, 6) is -0.372. The summed E-state index contributed by atoms with van der Waals surface area (Å²) in [7, 11) is 0. The molecule has 0 spiro atoms. The first kappa shape index (κ1) is 17.4. The second-order valence-electron chi connectivity index (χ2n) is 5.91. The van der Waals surface area contributed by atoms with Gasteiger partial charge in [0.05, 0.1) is 4.92 Å². The van der Waals surface area contributed by atoms with Crippen LogP contribution < -0.4 is 15.4 Å². The highest BCUT2D eigenvalue weighted by Gasteiger charge is 2.29. The van der Waals surface area contributed by atoms with Gasteiger partial charge in [-0.2, -0.15) is 0 Å². The van der Waals surface area contributed by atoms with E-state index in [2.05, 4.69) is 10.6 Å². The summed E-state index contributed by atoms with van der Waals surface area (Å²) in [6.45, 7) is -0.372. The lowest BCUT2D eigenvalue weighted by molar-refractivity contribution is -0.385. The van der Waals surface area contributed by atoms with Crippen molar-refractivity contribution in [2.24, 2.45) is 5.92 Å². The van der Waals surface area contributed by atoms with E-state index >= 15 is 0 Å². The molecule has 2 aromatic carbocycles. The van der Waals surface area contributed by atoms with Crippen LogP contribution in [0.3, 0.4) is 0 Å². The van der Waals surface area contributed by atoms with Crippen LogP contribution in [-0.2, 0) is 9.59 Å². The molecule has 1 aliphatic carbocycles. The van der Waals surface area contributed by atoms with E-state index in [0.717, 1.165) is 12.8 Å². The third-order valence-electron chi connectivity index (χ3n) is 3.78. The molecular weight excluding hydrogens is 338 g/mol. The third kappa shape index (κ3) is 4.56. The van der Waals surface area contributed by atoms with Gasteiger partial charge in [0.1, 0.15) is 0 Å². The number of hydrogen-bond donors (Lipinski definition) is 2. The minimum Gasteiger partial charge on any atom is -0.477 e. The Bertz CT molecular complexity index is 848. The molecule has 0 atom stereocenters. The van der Waals surface area contributed by atoms with Gasteiger partial charge in [0, 0.05) is 23.4 Å². The maximum Gasteiger partial charge on any atom is 0.310 e. The summed E-state index contributed by atoms with van der Waals surface area (Å²) in [5, 5.41) is 16.4. The summed E-state index contributed by atoms with van der Waals surface area (Å²) in [5.41, 5.74) is 0.888. The van der Waals surface area contributed by atoms with Gasteiger partial charge in [-0.3, -0.25) is 19.7 Å².